The van der Waals surface area contributed by atoms with E-state index in [1.54, 1.807) is 0 Å². The number of carbonyl (C=O) groups is 2. The molecule has 0 fully saturated rings. The standard InChI is InChI=1S/2CH2O2.Tl/c2*2-1-3;/h2*1H,(H,2,3);/q;;+2/p-2. The van der Waals surface area contributed by atoms with Crippen molar-refractivity contribution in [1.29, 1.82) is 0 Å². The molecular weight excluding hydrogens is 292 g/mol. The van der Waals surface area contributed by atoms with Gasteiger partial charge in [-0.3, -0.25) is 0 Å². The molecule has 5 heteroatoms. The van der Waals surface area contributed by atoms with Gasteiger partial charge in [0.25, 0.3) is 0 Å². The van der Waals surface area contributed by atoms with Gasteiger partial charge in [0.05, 0.1) is 0 Å². The summed E-state index contributed by atoms with van der Waals surface area (Å²) in [4.78, 5) is 16.5. The Morgan fingerprint density at radius 1 is 1.00 bits per heavy atom. The molecule has 0 spiro atoms. The topological polar surface area (TPSA) is 80.3 Å². The average Bonchev–Trinajstić information content (AvgIpc) is 1.39. The van der Waals surface area contributed by atoms with Crippen LogP contribution < -0.4 is 10.2 Å². The number of hydrogen-bond acceptors (Lipinski definition) is 4. The van der Waals surface area contributed by atoms with Crippen LogP contribution in [0.1, 0.15) is 0 Å². The van der Waals surface area contributed by atoms with Crippen molar-refractivity contribution in [2.75, 3.05) is 0 Å². The van der Waals surface area contributed by atoms with Crippen LogP contribution in [0.3, 0.4) is 0 Å². The van der Waals surface area contributed by atoms with Crippen molar-refractivity contribution in [2.24, 2.45) is 0 Å². The van der Waals surface area contributed by atoms with Gasteiger partial charge in [0, 0.05) is 12.9 Å². The zero-order valence-electron chi connectivity index (χ0n) is 3.37. The maximum Gasteiger partial charge on any atom is 2.00 e. The third-order valence-electron chi connectivity index (χ3n) is 0. The van der Waals surface area contributed by atoms with Crippen LogP contribution in [0.4, 0.5) is 0 Å². The Kier molecular flexibility index (Phi) is 90.3. The molecule has 0 aromatic rings. The van der Waals surface area contributed by atoms with Gasteiger partial charge in [0.1, 0.15) is 0 Å². The fraction of sp³-hybridized carbons (Fsp3) is 0. The quantitative estimate of drug-likeness (QED) is 0.341. The van der Waals surface area contributed by atoms with Crippen LogP contribution in [0.25, 0.3) is 0 Å². The molecule has 0 bridgehead atoms. The summed E-state index contributed by atoms with van der Waals surface area (Å²) in [6.45, 7) is -1.00. The second-order valence-electron chi connectivity index (χ2n) is 0.192. The van der Waals surface area contributed by atoms with Gasteiger partial charge < -0.3 is 19.8 Å². The molecule has 0 N–H and O–H groups in total. The number of carbonyl (C=O) groups excluding carboxylic acids is 2. The first-order chi connectivity index (χ1) is 2.83. The minimum absolute atomic E-state index is 0. The summed E-state index contributed by atoms with van der Waals surface area (Å²) in [5, 5.41) is 16.5. The van der Waals surface area contributed by atoms with E-state index in [1.165, 1.54) is 0 Å². The fourth-order valence-corrected chi connectivity index (χ4v) is 0. The van der Waals surface area contributed by atoms with Crippen molar-refractivity contribution < 1.29 is 19.8 Å². The largest absolute Gasteiger partial charge is 2.00 e. The summed E-state index contributed by atoms with van der Waals surface area (Å²) in [6.07, 6.45) is 0. The fourth-order valence-electron chi connectivity index (χ4n) is 0. The SMILES string of the molecule is O=C[O-].O=C[O-].[Tl+2]. The maximum atomic E-state index is 8.25. The first kappa shape index (κ1) is 15.8. The Morgan fingerprint density at radius 3 is 1.00 bits per heavy atom. The van der Waals surface area contributed by atoms with Gasteiger partial charge >= 0.3 is 27.3 Å². The average molecular weight is 294 g/mol. The van der Waals surface area contributed by atoms with Crippen LogP contribution in [-0.4, -0.2) is 40.2 Å². The molecule has 0 aromatic heterocycles. The van der Waals surface area contributed by atoms with E-state index in [0.29, 0.717) is 0 Å². The van der Waals surface area contributed by atoms with E-state index in [4.69, 9.17) is 19.8 Å². The van der Waals surface area contributed by atoms with Crippen molar-refractivity contribution in [3.05, 3.63) is 0 Å². The van der Waals surface area contributed by atoms with E-state index in [9.17, 15) is 0 Å². The minimum Gasteiger partial charge on any atom is -0.554 e. The van der Waals surface area contributed by atoms with Gasteiger partial charge in [-0.25, -0.2) is 0 Å². The summed E-state index contributed by atoms with van der Waals surface area (Å²) in [7, 11) is 0. The molecule has 1 radical (unpaired) electrons. The first-order valence-electron chi connectivity index (χ1n) is 0.943. The van der Waals surface area contributed by atoms with Gasteiger partial charge in [0.15, 0.2) is 0 Å². The molecule has 37 valence electrons. The van der Waals surface area contributed by atoms with Crippen LogP contribution in [0.5, 0.6) is 0 Å². The molecule has 0 aromatic carbocycles. The molecular formula is C2H2O4Tl. The molecule has 0 heterocycles. The molecule has 4 nitrogen and oxygen atoms in total. The van der Waals surface area contributed by atoms with E-state index in [2.05, 4.69) is 0 Å². The molecule has 0 aliphatic heterocycles. The number of carboxylic acid groups (broad SMARTS) is 2. The predicted octanol–water partition coefficient (Wildman–Crippen LogP) is -3.65. The van der Waals surface area contributed by atoms with Gasteiger partial charge in [-0.05, 0) is 0 Å². The van der Waals surface area contributed by atoms with Gasteiger partial charge in [-0.15, -0.1) is 0 Å². The summed E-state index contributed by atoms with van der Waals surface area (Å²) >= 11 is 0. The normalized spacial score (nSPS) is 3.43. The smallest absolute Gasteiger partial charge is 0.554 e. The molecule has 0 unspecified atom stereocenters. The van der Waals surface area contributed by atoms with Crippen LogP contribution in [0, 0.1) is 0 Å². The van der Waals surface area contributed by atoms with E-state index >= 15 is 0 Å². The zero-order chi connectivity index (χ0) is 5.41. The summed E-state index contributed by atoms with van der Waals surface area (Å²) in [6, 6.07) is 0. The number of hydrogen-bond donors (Lipinski definition) is 0. The van der Waals surface area contributed by atoms with Gasteiger partial charge in [0.2, 0.25) is 0 Å². The summed E-state index contributed by atoms with van der Waals surface area (Å²) < 4.78 is 0. The van der Waals surface area contributed by atoms with Crippen LogP contribution in [-0.2, 0) is 9.59 Å². The Bertz CT molecular complexity index is 30.7. The third kappa shape index (κ3) is 4600. The molecule has 0 saturated heterocycles. The molecule has 7 heavy (non-hydrogen) atoms. The molecule has 0 aliphatic carbocycles. The van der Waals surface area contributed by atoms with E-state index in [1.807, 2.05) is 0 Å². The van der Waals surface area contributed by atoms with Crippen LogP contribution >= 0.6 is 0 Å². The van der Waals surface area contributed by atoms with Crippen molar-refractivity contribution in [1.82, 2.24) is 0 Å². The summed E-state index contributed by atoms with van der Waals surface area (Å²) in [5.41, 5.74) is 0. The third-order valence-corrected chi connectivity index (χ3v) is 0. The van der Waals surface area contributed by atoms with Crippen LogP contribution in [0.15, 0.2) is 0 Å². The van der Waals surface area contributed by atoms with E-state index in [-0.39, 0.29) is 27.3 Å². The number of rotatable bonds is 0. The molecule has 0 amide bonds. The van der Waals surface area contributed by atoms with Gasteiger partial charge in [-0.2, -0.15) is 0 Å². The summed E-state index contributed by atoms with van der Waals surface area (Å²) in [5.74, 6) is 0. The Morgan fingerprint density at radius 2 is 1.00 bits per heavy atom. The zero-order valence-corrected chi connectivity index (χ0v) is 7.85. The van der Waals surface area contributed by atoms with Crippen molar-refractivity contribution >= 4 is 40.2 Å². The Labute approximate surface area is 60.3 Å². The Hall–Kier alpha value is -0.138. The second kappa shape index (κ2) is 40.0. The molecule has 0 aliphatic rings. The second-order valence-corrected chi connectivity index (χ2v) is 0.192. The monoisotopic (exact) mass is 295 g/mol. The van der Waals surface area contributed by atoms with Crippen molar-refractivity contribution in [2.45, 2.75) is 0 Å². The van der Waals surface area contributed by atoms with E-state index < -0.39 is 12.9 Å². The predicted molar refractivity (Wildman–Crippen MR) is 17.9 cm³/mol. The van der Waals surface area contributed by atoms with Gasteiger partial charge in [-0.1, -0.05) is 0 Å². The van der Waals surface area contributed by atoms with Crippen LogP contribution in [0.2, 0.25) is 0 Å². The van der Waals surface area contributed by atoms with Crippen molar-refractivity contribution in [3.63, 3.8) is 0 Å². The van der Waals surface area contributed by atoms with Crippen molar-refractivity contribution in [3.8, 4) is 0 Å². The Balaban J connectivity index is -0.0000000400. The van der Waals surface area contributed by atoms with E-state index in [0.717, 1.165) is 0 Å². The molecule has 0 saturated carbocycles. The molecule has 0 rings (SSSR count). The molecule has 0 atom stereocenters. The minimum atomic E-state index is -0.500. The first-order valence-corrected chi connectivity index (χ1v) is 0.943. The maximum absolute atomic E-state index is 8.25.